The van der Waals surface area contributed by atoms with Gasteiger partial charge in [-0.05, 0) is 35.4 Å². The van der Waals surface area contributed by atoms with Crippen molar-refractivity contribution in [3.63, 3.8) is 0 Å². The number of benzene rings is 2. The normalized spacial score (nSPS) is 12.4. The van der Waals surface area contributed by atoms with Crippen LogP contribution in [0.25, 0.3) is 10.8 Å². The second-order valence-electron chi connectivity index (χ2n) is 4.51. The molecule has 0 heterocycles. The van der Waals surface area contributed by atoms with Crippen molar-refractivity contribution in [2.75, 3.05) is 7.11 Å². The van der Waals surface area contributed by atoms with E-state index in [4.69, 9.17) is 9.99 Å². The zero-order valence-corrected chi connectivity index (χ0v) is 10.9. The number of hydrogen-bond acceptors (Lipinski definition) is 4. The molecule has 0 radical (unpaired) electrons. The highest BCUT2D eigenvalue weighted by Gasteiger charge is 2.07. The maximum atomic E-state index is 11.4. The molecular weight excluding hydrogens is 244 g/mol. The van der Waals surface area contributed by atoms with E-state index in [0.29, 0.717) is 12.0 Å². The summed E-state index contributed by atoms with van der Waals surface area (Å²) in [5.41, 5.74) is 1.61. The zero-order chi connectivity index (χ0) is 13.8. The first-order chi connectivity index (χ1) is 9.13. The molecule has 0 aliphatic rings. The van der Waals surface area contributed by atoms with E-state index >= 15 is 0 Å². The standard InChI is InChI=1S/C15H16O4/c1-10(19-17)7-11-3-4-13-9-14(15(16)18-2)6-5-12(13)8-11/h3-6,8-10,17H,7H2,1-2H3. The van der Waals surface area contributed by atoms with Gasteiger partial charge in [-0.2, -0.15) is 0 Å². The van der Waals surface area contributed by atoms with Crippen LogP contribution in [-0.4, -0.2) is 24.4 Å². The largest absolute Gasteiger partial charge is 0.465 e. The summed E-state index contributed by atoms with van der Waals surface area (Å²) in [6, 6.07) is 11.3. The van der Waals surface area contributed by atoms with Crippen molar-refractivity contribution in [3.8, 4) is 0 Å². The van der Waals surface area contributed by atoms with Crippen LogP contribution in [0.15, 0.2) is 36.4 Å². The predicted octanol–water partition coefficient (Wildman–Crippen LogP) is 3.05. The zero-order valence-electron chi connectivity index (χ0n) is 10.9. The van der Waals surface area contributed by atoms with Crippen LogP contribution in [-0.2, 0) is 16.0 Å². The Morgan fingerprint density at radius 1 is 1.21 bits per heavy atom. The second kappa shape index (κ2) is 5.82. The molecule has 19 heavy (non-hydrogen) atoms. The minimum atomic E-state index is -0.340. The number of methoxy groups -OCH3 is 1. The Balaban J connectivity index is 2.32. The van der Waals surface area contributed by atoms with E-state index < -0.39 is 0 Å². The fraction of sp³-hybridized carbons (Fsp3) is 0.267. The van der Waals surface area contributed by atoms with Crippen LogP contribution in [0.4, 0.5) is 0 Å². The molecule has 0 fully saturated rings. The van der Waals surface area contributed by atoms with Crippen molar-refractivity contribution in [3.05, 3.63) is 47.5 Å². The van der Waals surface area contributed by atoms with Crippen molar-refractivity contribution < 1.29 is 19.7 Å². The minimum absolute atomic E-state index is 0.244. The van der Waals surface area contributed by atoms with Gasteiger partial charge in [-0.3, -0.25) is 5.26 Å². The van der Waals surface area contributed by atoms with Crippen molar-refractivity contribution >= 4 is 16.7 Å². The summed E-state index contributed by atoms with van der Waals surface area (Å²) >= 11 is 0. The molecule has 0 saturated carbocycles. The van der Waals surface area contributed by atoms with Crippen LogP contribution in [0.2, 0.25) is 0 Å². The molecular formula is C15H16O4. The summed E-state index contributed by atoms with van der Waals surface area (Å²) in [6.07, 6.45) is 0.386. The number of esters is 1. The smallest absolute Gasteiger partial charge is 0.337 e. The first kappa shape index (κ1) is 13.5. The summed E-state index contributed by atoms with van der Waals surface area (Å²) in [5.74, 6) is -0.340. The summed E-state index contributed by atoms with van der Waals surface area (Å²) in [6.45, 7) is 1.80. The monoisotopic (exact) mass is 260 g/mol. The molecule has 100 valence electrons. The molecule has 1 unspecified atom stereocenters. The lowest BCUT2D eigenvalue weighted by atomic mass is 10.0. The first-order valence-corrected chi connectivity index (χ1v) is 6.05. The van der Waals surface area contributed by atoms with Gasteiger partial charge in [0.05, 0.1) is 18.8 Å². The topological polar surface area (TPSA) is 55.8 Å². The van der Waals surface area contributed by atoms with Gasteiger partial charge < -0.3 is 4.74 Å². The maximum Gasteiger partial charge on any atom is 0.337 e. The van der Waals surface area contributed by atoms with Gasteiger partial charge in [-0.25, -0.2) is 9.68 Å². The Kier molecular flexibility index (Phi) is 4.14. The number of carbonyl (C=O) groups is 1. The fourth-order valence-corrected chi connectivity index (χ4v) is 2.04. The second-order valence-corrected chi connectivity index (χ2v) is 4.51. The highest BCUT2D eigenvalue weighted by atomic mass is 17.1. The lowest BCUT2D eigenvalue weighted by Crippen LogP contribution is -2.08. The Labute approximate surface area is 111 Å². The molecule has 0 saturated heterocycles. The molecule has 4 nitrogen and oxygen atoms in total. The SMILES string of the molecule is COC(=O)c1ccc2cc(CC(C)OO)ccc2c1. The summed E-state index contributed by atoms with van der Waals surface area (Å²) in [4.78, 5) is 15.7. The summed E-state index contributed by atoms with van der Waals surface area (Å²) < 4.78 is 4.69. The third-order valence-electron chi connectivity index (χ3n) is 3.03. The van der Waals surface area contributed by atoms with Gasteiger partial charge in [0.1, 0.15) is 0 Å². The van der Waals surface area contributed by atoms with Gasteiger partial charge in [-0.1, -0.05) is 24.3 Å². The molecule has 0 bridgehead atoms. The van der Waals surface area contributed by atoms with Crippen LogP contribution in [0.5, 0.6) is 0 Å². The van der Waals surface area contributed by atoms with Gasteiger partial charge in [0, 0.05) is 6.42 Å². The minimum Gasteiger partial charge on any atom is -0.465 e. The maximum absolute atomic E-state index is 11.4. The molecule has 0 aliphatic heterocycles. The molecule has 0 amide bonds. The van der Waals surface area contributed by atoms with Crippen LogP contribution in [0.1, 0.15) is 22.8 Å². The Morgan fingerprint density at radius 2 is 1.89 bits per heavy atom. The Morgan fingerprint density at radius 3 is 2.58 bits per heavy atom. The Bertz CT molecular complexity index is 592. The fourth-order valence-electron chi connectivity index (χ4n) is 2.04. The summed E-state index contributed by atoms with van der Waals surface area (Å²) in [5, 5.41) is 10.6. The molecule has 4 heteroatoms. The number of carbonyl (C=O) groups excluding carboxylic acids is 1. The number of rotatable bonds is 4. The van der Waals surface area contributed by atoms with Crippen LogP contribution < -0.4 is 0 Å². The molecule has 0 aliphatic carbocycles. The molecule has 1 N–H and O–H groups in total. The molecule has 1 atom stereocenters. The quantitative estimate of drug-likeness (QED) is 0.521. The third-order valence-corrected chi connectivity index (χ3v) is 3.03. The van der Waals surface area contributed by atoms with Crippen molar-refractivity contribution in [2.24, 2.45) is 0 Å². The molecule has 2 aromatic carbocycles. The van der Waals surface area contributed by atoms with Crippen molar-refractivity contribution in [2.45, 2.75) is 19.4 Å². The van der Waals surface area contributed by atoms with Gasteiger partial charge in [-0.15, -0.1) is 0 Å². The third kappa shape index (κ3) is 3.10. The first-order valence-electron chi connectivity index (χ1n) is 6.05. The van der Waals surface area contributed by atoms with E-state index in [2.05, 4.69) is 4.89 Å². The van der Waals surface area contributed by atoms with E-state index in [1.807, 2.05) is 24.3 Å². The van der Waals surface area contributed by atoms with Crippen LogP contribution in [0.3, 0.4) is 0 Å². The lowest BCUT2D eigenvalue weighted by molar-refractivity contribution is -0.273. The van der Waals surface area contributed by atoms with E-state index in [0.717, 1.165) is 16.3 Å². The van der Waals surface area contributed by atoms with Crippen LogP contribution >= 0.6 is 0 Å². The van der Waals surface area contributed by atoms with Gasteiger partial charge in [0.15, 0.2) is 0 Å². The molecule has 0 spiro atoms. The number of fused-ring (bicyclic) bond motifs is 1. The van der Waals surface area contributed by atoms with E-state index in [1.165, 1.54) is 7.11 Å². The average molecular weight is 260 g/mol. The van der Waals surface area contributed by atoms with E-state index in [1.54, 1.807) is 19.1 Å². The lowest BCUT2D eigenvalue weighted by Gasteiger charge is -2.09. The van der Waals surface area contributed by atoms with Gasteiger partial charge >= 0.3 is 5.97 Å². The highest BCUT2D eigenvalue weighted by molar-refractivity contribution is 5.95. The van der Waals surface area contributed by atoms with Gasteiger partial charge in [0.2, 0.25) is 0 Å². The number of ether oxygens (including phenoxy) is 1. The number of hydrogen-bond donors (Lipinski definition) is 1. The average Bonchev–Trinajstić information content (AvgIpc) is 2.45. The van der Waals surface area contributed by atoms with Gasteiger partial charge in [0.25, 0.3) is 0 Å². The molecule has 0 aromatic heterocycles. The predicted molar refractivity (Wildman–Crippen MR) is 72.2 cm³/mol. The van der Waals surface area contributed by atoms with Crippen LogP contribution in [0, 0.1) is 0 Å². The summed E-state index contributed by atoms with van der Waals surface area (Å²) in [7, 11) is 1.37. The van der Waals surface area contributed by atoms with Crippen molar-refractivity contribution in [1.29, 1.82) is 0 Å². The molecule has 2 rings (SSSR count). The van der Waals surface area contributed by atoms with E-state index in [9.17, 15) is 4.79 Å². The Hall–Kier alpha value is -1.91. The van der Waals surface area contributed by atoms with E-state index in [-0.39, 0.29) is 12.1 Å². The highest BCUT2D eigenvalue weighted by Crippen LogP contribution is 2.19. The van der Waals surface area contributed by atoms with Crippen molar-refractivity contribution in [1.82, 2.24) is 0 Å². The molecule has 2 aromatic rings.